The Labute approximate surface area is 122 Å². The fourth-order valence-electron chi connectivity index (χ4n) is 2.54. The van der Waals surface area contributed by atoms with Gasteiger partial charge in [-0.15, -0.1) is 5.10 Å². The third-order valence-corrected chi connectivity index (χ3v) is 3.81. The van der Waals surface area contributed by atoms with Crippen LogP contribution in [-0.4, -0.2) is 44.7 Å². The first kappa shape index (κ1) is 15.3. The van der Waals surface area contributed by atoms with E-state index in [9.17, 15) is 9.59 Å². The minimum Gasteiger partial charge on any atom is -0.476 e. The molecule has 3 N–H and O–H groups in total. The number of hydrogen-bond donors (Lipinski definition) is 3. The van der Waals surface area contributed by atoms with Crippen LogP contribution < -0.4 is 10.6 Å². The summed E-state index contributed by atoms with van der Waals surface area (Å²) in [5.41, 5.74) is -0.101. The van der Waals surface area contributed by atoms with Crippen molar-refractivity contribution in [1.29, 1.82) is 0 Å². The van der Waals surface area contributed by atoms with E-state index < -0.39 is 5.97 Å². The van der Waals surface area contributed by atoms with Crippen LogP contribution in [0.1, 0.15) is 43.1 Å². The smallest absolute Gasteiger partial charge is 0.358 e. The highest BCUT2D eigenvalue weighted by atomic mass is 16.4. The summed E-state index contributed by atoms with van der Waals surface area (Å²) in [6, 6.07) is 0.0519. The van der Waals surface area contributed by atoms with Gasteiger partial charge in [-0.05, 0) is 18.8 Å². The Morgan fingerprint density at radius 2 is 2.19 bits per heavy atom. The van der Waals surface area contributed by atoms with Gasteiger partial charge in [0.15, 0.2) is 5.69 Å². The van der Waals surface area contributed by atoms with Gasteiger partial charge in [-0.3, -0.25) is 0 Å². The van der Waals surface area contributed by atoms with Crippen LogP contribution in [0.4, 0.5) is 4.79 Å². The van der Waals surface area contributed by atoms with Gasteiger partial charge in [0.1, 0.15) is 0 Å². The zero-order chi connectivity index (χ0) is 15.2. The fourth-order valence-corrected chi connectivity index (χ4v) is 2.54. The Morgan fingerprint density at radius 3 is 2.86 bits per heavy atom. The summed E-state index contributed by atoms with van der Waals surface area (Å²) in [6.07, 6.45) is 5.91. The molecule has 1 heterocycles. The van der Waals surface area contributed by atoms with E-state index in [1.54, 1.807) is 0 Å². The number of hydrogen-bond acceptors (Lipinski definition) is 4. The predicted octanol–water partition coefficient (Wildman–Crippen LogP) is 0.854. The maximum atomic E-state index is 11.8. The maximum absolute atomic E-state index is 11.8. The number of carboxylic acid groups (broad SMARTS) is 1. The molecule has 0 aliphatic heterocycles. The molecule has 1 aliphatic carbocycles. The molecular weight excluding hydrogens is 274 g/mol. The normalized spacial score (nSPS) is 21.8. The third-order valence-electron chi connectivity index (χ3n) is 3.81. The van der Waals surface area contributed by atoms with E-state index in [2.05, 4.69) is 27.9 Å². The van der Waals surface area contributed by atoms with Gasteiger partial charge in [-0.2, -0.15) is 0 Å². The SMILES string of the molecule is CC1CCCCC1NC(=O)NCCn1cc(C(=O)O)nn1. The number of carbonyl (C=O) groups excluding carboxylic acids is 1. The minimum absolute atomic E-state index is 0.101. The second-order valence-corrected chi connectivity index (χ2v) is 5.44. The molecule has 1 fully saturated rings. The summed E-state index contributed by atoms with van der Waals surface area (Å²) in [5.74, 6) is -0.601. The number of aromatic nitrogens is 3. The third kappa shape index (κ3) is 4.44. The van der Waals surface area contributed by atoms with Crippen LogP contribution in [-0.2, 0) is 6.54 Å². The fraction of sp³-hybridized carbons (Fsp3) is 0.692. The van der Waals surface area contributed by atoms with E-state index in [-0.39, 0.29) is 17.8 Å². The van der Waals surface area contributed by atoms with Gasteiger partial charge in [0.05, 0.1) is 12.7 Å². The number of amides is 2. The van der Waals surface area contributed by atoms with Crippen molar-refractivity contribution in [2.45, 2.75) is 45.2 Å². The Kier molecular flexibility index (Phi) is 5.13. The average molecular weight is 295 g/mol. The highest BCUT2D eigenvalue weighted by Gasteiger charge is 2.22. The molecular formula is C13H21N5O3. The molecule has 21 heavy (non-hydrogen) atoms. The zero-order valence-corrected chi connectivity index (χ0v) is 12.1. The number of urea groups is 1. The molecule has 0 radical (unpaired) electrons. The van der Waals surface area contributed by atoms with Gasteiger partial charge >= 0.3 is 12.0 Å². The van der Waals surface area contributed by atoms with E-state index in [1.165, 1.54) is 17.3 Å². The Bertz CT molecular complexity index is 502. The summed E-state index contributed by atoms with van der Waals surface area (Å²) in [4.78, 5) is 22.5. The van der Waals surface area contributed by atoms with Gasteiger partial charge in [0, 0.05) is 12.6 Å². The predicted molar refractivity (Wildman–Crippen MR) is 74.9 cm³/mol. The molecule has 2 rings (SSSR count). The lowest BCUT2D eigenvalue weighted by atomic mass is 9.86. The summed E-state index contributed by atoms with van der Waals surface area (Å²) in [5, 5.41) is 21.6. The Balaban J connectivity index is 1.70. The molecule has 0 spiro atoms. The van der Waals surface area contributed by atoms with Gasteiger partial charge < -0.3 is 15.7 Å². The van der Waals surface area contributed by atoms with E-state index >= 15 is 0 Å². The number of nitrogens with one attached hydrogen (secondary N) is 2. The molecule has 0 aromatic carbocycles. The first-order valence-corrected chi connectivity index (χ1v) is 7.24. The molecule has 8 heteroatoms. The first-order chi connectivity index (χ1) is 10.1. The van der Waals surface area contributed by atoms with E-state index in [1.807, 2.05) is 0 Å². The maximum Gasteiger partial charge on any atom is 0.358 e. The lowest BCUT2D eigenvalue weighted by Crippen LogP contribution is -2.46. The number of carbonyl (C=O) groups is 2. The van der Waals surface area contributed by atoms with Crippen molar-refractivity contribution >= 4 is 12.0 Å². The zero-order valence-electron chi connectivity index (χ0n) is 12.1. The summed E-state index contributed by atoms with van der Waals surface area (Å²) in [7, 11) is 0. The van der Waals surface area contributed by atoms with E-state index in [4.69, 9.17) is 5.11 Å². The second kappa shape index (κ2) is 7.05. The molecule has 1 aromatic rings. The van der Waals surface area contributed by atoms with Gasteiger partial charge in [0.25, 0.3) is 0 Å². The number of rotatable bonds is 5. The highest BCUT2D eigenvalue weighted by Crippen LogP contribution is 2.23. The second-order valence-electron chi connectivity index (χ2n) is 5.44. The largest absolute Gasteiger partial charge is 0.476 e. The lowest BCUT2D eigenvalue weighted by molar-refractivity contribution is 0.0690. The van der Waals surface area contributed by atoms with Crippen LogP contribution in [0.25, 0.3) is 0 Å². The van der Waals surface area contributed by atoms with Crippen LogP contribution >= 0.6 is 0 Å². The number of carboxylic acids is 1. The summed E-state index contributed by atoms with van der Waals surface area (Å²) >= 11 is 0. The summed E-state index contributed by atoms with van der Waals surface area (Å²) in [6.45, 7) is 2.91. The number of nitrogens with zero attached hydrogens (tertiary/aromatic N) is 3. The minimum atomic E-state index is -1.11. The van der Waals surface area contributed by atoms with Gasteiger partial charge in [-0.25, -0.2) is 14.3 Å². The Hall–Kier alpha value is -2.12. The molecule has 1 aliphatic rings. The van der Waals surface area contributed by atoms with Gasteiger partial charge in [-0.1, -0.05) is 25.0 Å². The van der Waals surface area contributed by atoms with Crippen molar-refractivity contribution in [2.75, 3.05) is 6.54 Å². The molecule has 1 aromatic heterocycles. The molecule has 116 valence electrons. The van der Waals surface area contributed by atoms with Crippen molar-refractivity contribution in [1.82, 2.24) is 25.6 Å². The van der Waals surface area contributed by atoms with Crippen LogP contribution in [0, 0.1) is 5.92 Å². The molecule has 2 unspecified atom stereocenters. The van der Waals surface area contributed by atoms with Crippen molar-refractivity contribution in [2.24, 2.45) is 5.92 Å². The molecule has 2 amide bonds. The van der Waals surface area contributed by atoms with Crippen LogP contribution in [0.2, 0.25) is 0 Å². The summed E-state index contributed by atoms with van der Waals surface area (Å²) < 4.78 is 1.40. The highest BCUT2D eigenvalue weighted by molar-refractivity contribution is 5.84. The van der Waals surface area contributed by atoms with Crippen molar-refractivity contribution < 1.29 is 14.7 Å². The van der Waals surface area contributed by atoms with E-state index in [0.717, 1.165) is 19.3 Å². The standard InChI is InChI=1S/C13H21N5O3/c1-9-4-2-3-5-10(9)15-13(21)14-6-7-18-8-11(12(19)20)16-17-18/h8-10H,2-7H2,1H3,(H,19,20)(H2,14,15,21). The van der Waals surface area contributed by atoms with Crippen molar-refractivity contribution in [3.63, 3.8) is 0 Å². The molecule has 0 bridgehead atoms. The quantitative estimate of drug-likeness (QED) is 0.746. The Morgan fingerprint density at radius 1 is 1.43 bits per heavy atom. The van der Waals surface area contributed by atoms with Crippen molar-refractivity contribution in [3.8, 4) is 0 Å². The first-order valence-electron chi connectivity index (χ1n) is 7.24. The van der Waals surface area contributed by atoms with Gasteiger partial charge in [0.2, 0.25) is 0 Å². The van der Waals surface area contributed by atoms with E-state index in [0.29, 0.717) is 19.0 Å². The lowest BCUT2D eigenvalue weighted by Gasteiger charge is -2.29. The molecule has 0 saturated heterocycles. The van der Waals surface area contributed by atoms with Crippen LogP contribution in [0.3, 0.4) is 0 Å². The monoisotopic (exact) mass is 295 g/mol. The molecule has 8 nitrogen and oxygen atoms in total. The van der Waals surface area contributed by atoms with Crippen LogP contribution in [0.15, 0.2) is 6.20 Å². The number of aromatic carboxylic acids is 1. The molecule has 1 saturated carbocycles. The topological polar surface area (TPSA) is 109 Å². The molecule has 2 atom stereocenters. The van der Waals surface area contributed by atoms with Crippen molar-refractivity contribution in [3.05, 3.63) is 11.9 Å². The average Bonchev–Trinajstić information content (AvgIpc) is 2.90. The van der Waals surface area contributed by atoms with Crippen LogP contribution in [0.5, 0.6) is 0 Å².